The van der Waals surface area contributed by atoms with Crippen LogP contribution in [-0.4, -0.2) is 34.0 Å². The molecule has 1 saturated heterocycles. The van der Waals surface area contributed by atoms with Crippen LogP contribution in [0.25, 0.3) is 0 Å². The van der Waals surface area contributed by atoms with Gasteiger partial charge in [0, 0.05) is 47.8 Å². The van der Waals surface area contributed by atoms with Gasteiger partial charge in [0.05, 0.1) is 0 Å². The van der Waals surface area contributed by atoms with Crippen LogP contribution in [-0.2, 0) is 13.1 Å². The van der Waals surface area contributed by atoms with E-state index in [1.54, 1.807) is 0 Å². The number of nitrogen functional groups attached to an aromatic ring is 1. The van der Waals surface area contributed by atoms with Crippen molar-refractivity contribution in [3.05, 3.63) is 29.3 Å². The summed E-state index contributed by atoms with van der Waals surface area (Å²) in [6, 6.07) is 6.31. The maximum atomic E-state index is 6.03. The van der Waals surface area contributed by atoms with Crippen molar-refractivity contribution >= 4 is 29.2 Å². The van der Waals surface area contributed by atoms with Crippen LogP contribution in [0.5, 0.6) is 0 Å². The van der Waals surface area contributed by atoms with E-state index in [9.17, 15) is 0 Å². The van der Waals surface area contributed by atoms with Crippen LogP contribution >= 0.6 is 23.5 Å². The fraction of sp³-hybridized carbons (Fsp3) is 0.538. The van der Waals surface area contributed by atoms with Gasteiger partial charge in [-0.25, -0.2) is 0 Å². The van der Waals surface area contributed by atoms with Crippen LogP contribution in [0.1, 0.15) is 11.1 Å². The number of hydrogen-bond acceptors (Lipinski definition) is 4. The summed E-state index contributed by atoms with van der Waals surface area (Å²) in [5.74, 6) is 3.96. The van der Waals surface area contributed by atoms with E-state index >= 15 is 0 Å². The lowest BCUT2D eigenvalue weighted by Crippen LogP contribution is -2.30. The van der Waals surface area contributed by atoms with Crippen LogP contribution in [0.15, 0.2) is 18.2 Å². The number of rotatable bonds is 2. The molecular weight excluding hydrogens is 248 g/mol. The van der Waals surface area contributed by atoms with Crippen molar-refractivity contribution in [3.63, 3.8) is 0 Å². The first-order valence-electron chi connectivity index (χ1n) is 6.11. The molecule has 1 aromatic carbocycles. The molecule has 0 saturated carbocycles. The molecule has 0 aromatic heterocycles. The summed E-state index contributed by atoms with van der Waals surface area (Å²) < 4.78 is 0. The van der Waals surface area contributed by atoms with E-state index in [0.717, 1.165) is 24.0 Å². The highest BCUT2D eigenvalue weighted by Gasteiger charge is 2.24. The molecule has 0 aliphatic carbocycles. The fourth-order valence-electron chi connectivity index (χ4n) is 2.57. The second kappa shape index (κ2) is 5.12. The fourth-order valence-corrected chi connectivity index (χ4v) is 5.29. The van der Waals surface area contributed by atoms with Crippen molar-refractivity contribution in [2.45, 2.75) is 18.3 Å². The van der Waals surface area contributed by atoms with Crippen molar-refractivity contribution in [1.82, 2.24) is 4.90 Å². The number of thioether (sulfide) groups is 2. The van der Waals surface area contributed by atoms with E-state index in [0.29, 0.717) is 0 Å². The highest BCUT2D eigenvalue weighted by molar-refractivity contribution is 8.06. The van der Waals surface area contributed by atoms with E-state index in [2.05, 4.69) is 40.6 Å². The lowest BCUT2D eigenvalue weighted by atomic mass is 10.1. The number of nitrogens with zero attached hydrogens (tertiary/aromatic N) is 1. The third-order valence-electron chi connectivity index (χ3n) is 3.43. The van der Waals surface area contributed by atoms with Crippen molar-refractivity contribution in [2.75, 3.05) is 29.5 Å². The molecule has 0 amide bonds. The predicted molar refractivity (Wildman–Crippen MR) is 78.5 cm³/mol. The molecule has 2 N–H and O–H groups in total. The van der Waals surface area contributed by atoms with Crippen LogP contribution in [0.3, 0.4) is 0 Å². The van der Waals surface area contributed by atoms with E-state index in [1.807, 2.05) is 6.07 Å². The molecule has 2 aliphatic rings. The Kier molecular flexibility index (Phi) is 3.54. The van der Waals surface area contributed by atoms with Crippen molar-refractivity contribution in [3.8, 4) is 0 Å². The maximum Gasteiger partial charge on any atom is 0.0363 e. The Balaban J connectivity index is 1.63. The Hall–Kier alpha value is -0.320. The molecule has 1 aromatic rings. The average molecular weight is 266 g/mol. The largest absolute Gasteiger partial charge is 0.398 e. The summed E-state index contributed by atoms with van der Waals surface area (Å²) in [7, 11) is 0. The van der Waals surface area contributed by atoms with Gasteiger partial charge in [0.1, 0.15) is 0 Å². The second-order valence-corrected chi connectivity index (χ2v) is 7.28. The molecule has 4 heteroatoms. The first-order valence-corrected chi connectivity index (χ1v) is 8.31. The second-order valence-electron chi connectivity index (χ2n) is 4.72. The SMILES string of the molecule is Nc1cccc2c1CN(CC1CSCCS1)C2. The molecule has 1 fully saturated rings. The molecule has 17 heavy (non-hydrogen) atoms. The van der Waals surface area contributed by atoms with Gasteiger partial charge in [-0.1, -0.05) is 12.1 Å². The lowest BCUT2D eigenvalue weighted by molar-refractivity contribution is 0.289. The Labute approximate surface area is 111 Å². The predicted octanol–water partition coefficient (Wildman–Crippen LogP) is 2.43. The molecule has 0 radical (unpaired) electrons. The van der Waals surface area contributed by atoms with Gasteiger partial charge >= 0.3 is 0 Å². The Morgan fingerprint density at radius 1 is 1.29 bits per heavy atom. The van der Waals surface area contributed by atoms with Crippen LogP contribution in [0.4, 0.5) is 5.69 Å². The van der Waals surface area contributed by atoms with Gasteiger partial charge in [0.15, 0.2) is 0 Å². The Morgan fingerprint density at radius 2 is 2.24 bits per heavy atom. The first kappa shape index (κ1) is 11.8. The maximum absolute atomic E-state index is 6.03. The monoisotopic (exact) mass is 266 g/mol. The average Bonchev–Trinajstić information content (AvgIpc) is 2.74. The summed E-state index contributed by atoms with van der Waals surface area (Å²) >= 11 is 4.24. The topological polar surface area (TPSA) is 29.3 Å². The van der Waals surface area contributed by atoms with Crippen LogP contribution < -0.4 is 5.73 Å². The minimum atomic E-state index is 0.810. The van der Waals surface area contributed by atoms with E-state index in [1.165, 1.54) is 34.9 Å². The van der Waals surface area contributed by atoms with Crippen LogP contribution in [0, 0.1) is 0 Å². The van der Waals surface area contributed by atoms with E-state index in [4.69, 9.17) is 5.73 Å². The molecule has 3 rings (SSSR count). The summed E-state index contributed by atoms with van der Waals surface area (Å²) in [4.78, 5) is 2.55. The lowest BCUT2D eigenvalue weighted by Gasteiger charge is -2.25. The van der Waals surface area contributed by atoms with Gasteiger partial charge in [-0.15, -0.1) is 0 Å². The summed E-state index contributed by atoms with van der Waals surface area (Å²) in [5, 5.41) is 0.810. The number of benzene rings is 1. The smallest absolute Gasteiger partial charge is 0.0363 e. The van der Waals surface area contributed by atoms with Crippen LogP contribution in [0.2, 0.25) is 0 Å². The summed E-state index contributed by atoms with van der Waals surface area (Å²) in [6.07, 6.45) is 0. The van der Waals surface area contributed by atoms with Gasteiger partial charge in [-0.3, -0.25) is 4.90 Å². The molecule has 0 spiro atoms. The molecule has 1 atom stereocenters. The van der Waals surface area contributed by atoms with Gasteiger partial charge < -0.3 is 5.73 Å². The number of hydrogen-bond donors (Lipinski definition) is 1. The van der Waals surface area contributed by atoms with Crippen molar-refractivity contribution < 1.29 is 0 Å². The van der Waals surface area contributed by atoms with Crippen molar-refractivity contribution in [2.24, 2.45) is 0 Å². The quantitative estimate of drug-likeness (QED) is 0.833. The van der Waals surface area contributed by atoms with Gasteiger partial charge in [-0.05, 0) is 17.2 Å². The normalized spacial score (nSPS) is 24.8. The minimum Gasteiger partial charge on any atom is -0.398 e. The number of fused-ring (bicyclic) bond motifs is 1. The third-order valence-corrected chi connectivity index (χ3v) is 6.26. The molecule has 1 unspecified atom stereocenters. The standard InChI is InChI=1S/C13H18N2S2/c14-13-3-1-2-10-6-15(8-12(10)13)7-11-9-16-4-5-17-11/h1-3,11H,4-9,14H2. The number of anilines is 1. The van der Waals surface area contributed by atoms with Gasteiger partial charge in [0.25, 0.3) is 0 Å². The van der Waals surface area contributed by atoms with E-state index in [-0.39, 0.29) is 0 Å². The minimum absolute atomic E-state index is 0.810. The summed E-state index contributed by atoms with van der Waals surface area (Å²) in [5.41, 5.74) is 9.79. The molecule has 2 nitrogen and oxygen atoms in total. The zero-order chi connectivity index (χ0) is 11.7. The third kappa shape index (κ3) is 2.59. The molecule has 2 heterocycles. The Morgan fingerprint density at radius 3 is 3.00 bits per heavy atom. The molecule has 2 aliphatic heterocycles. The first-order chi connectivity index (χ1) is 8.33. The van der Waals surface area contributed by atoms with Gasteiger partial charge in [0.2, 0.25) is 0 Å². The molecule has 0 bridgehead atoms. The zero-order valence-corrected chi connectivity index (χ0v) is 11.5. The van der Waals surface area contributed by atoms with Gasteiger partial charge in [-0.2, -0.15) is 23.5 Å². The Bertz CT molecular complexity index is 402. The summed E-state index contributed by atoms with van der Waals surface area (Å²) in [6.45, 7) is 3.34. The highest BCUT2D eigenvalue weighted by atomic mass is 32.2. The van der Waals surface area contributed by atoms with Crippen molar-refractivity contribution in [1.29, 1.82) is 0 Å². The zero-order valence-electron chi connectivity index (χ0n) is 9.89. The number of nitrogens with two attached hydrogens (primary N) is 1. The van der Waals surface area contributed by atoms with E-state index < -0.39 is 0 Å². The molecular formula is C13H18N2S2. The molecule has 92 valence electrons. The highest BCUT2D eigenvalue weighted by Crippen LogP contribution is 2.30.